The van der Waals surface area contributed by atoms with Crippen molar-refractivity contribution < 1.29 is 9.59 Å². The molecule has 5 nitrogen and oxygen atoms in total. The van der Waals surface area contributed by atoms with Crippen molar-refractivity contribution in [2.75, 3.05) is 0 Å². The lowest BCUT2D eigenvalue weighted by Crippen LogP contribution is -2.29. The second-order valence-electron chi connectivity index (χ2n) is 4.41. The number of hydrogen-bond donors (Lipinski definition) is 0. The molecule has 0 spiro atoms. The third kappa shape index (κ3) is 1.84. The van der Waals surface area contributed by atoms with Crippen LogP contribution >= 0.6 is 0 Å². The Hall–Kier alpha value is -3.00. The first-order valence-corrected chi connectivity index (χ1v) is 6.01. The van der Waals surface area contributed by atoms with Crippen LogP contribution < -0.4 is 0 Å². The minimum absolute atomic E-state index is 0.142. The second-order valence-corrected chi connectivity index (χ2v) is 4.41. The Balaban J connectivity index is 1.92. The molecule has 1 aliphatic heterocycles. The van der Waals surface area contributed by atoms with E-state index in [1.54, 1.807) is 36.4 Å². The van der Waals surface area contributed by atoms with Gasteiger partial charge in [-0.15, -0.1) is 0 Å². The Morgan fingerprint density at radius 3 is 2.75 bits per heavy atom. The van der Waals surface area contributed by atoms with Crippen molar-refractivity contribution in [3.05, 3.63) is 65.0 Å². The summed E-state index contributed by atoms with van der Waals surface area (Å²) in [7, 11) is 0. The van der Waals surface area contributed by atoms with Crippen molar-refractivity contribution in [2.45, 2.75) is 6.54 Å². The van der Waals surface area contributed by atoms with E-state index < -0.39 is 5.91 Å². The lowest BCUT2D eigenvalue weighted by atomic mass is 10.1. The molecule has 96 valence electrons. The Bertz CT molecular complexity index is 727. The number of carbonyl (C=O) groups is 2. The van der Waals surface area contributed by atoms with E-state index >= 15 is 0 Å². The number of imide groups is 1. The third-order valence-electron chi connectivity index (χ3n) is 3.13. The summed E-state index contributed by atoms with van der Waals surface area (Å²) in [5.74, 6) is -0.742. The van der Waals surface area contributed by atoms with Crippen LogP contribution in [0, 0.1) is 11.3 Å². The minimum Gasteiger partial charge on any atom is -0.268 e. The molecule has 2 heterocycles. The van der Waals surface area contributed by atoms with Gasteiger partial charge in [-0.3, -0.25) is 19.5 Å². The van der Waals surface area contributed by atoms with Crippen LogP contribution in [0.25, 0.3) is 0 Å². The Morgan fingerprint density at radius 2 is 2.00 bits per heavy atom. The molecule has 5 heteroatoms. The number of carbonyl (C=O) groups excluding carboxylic acids is 2. The second kappa shape index (κ2) is 4.59. The maximum absolute atomic E-state index is 12.2. The fraction of sp³-hybridized carbons (Fsp3) is 0.0667. The van der Waals surface area contributed by atoms with Crippen molar-refractivity contribution in [1.29, 1.82) is 5.26 Å². The SMILES string of the molecule is N#Cc1cccc(CN2C(=O)c3cccnc3C2=O)c1. The predicted molar refractivity (Wildman–Crippen MR) is 69.6 cm³/mol. The predicted octanol–water partition coefficient (Wildman–Crippen LogP) is 1.75. The fourth-order valence-corrected chi connectivity index (χ4v) is 2.18. The maximum Gasteiger partial charge on any atom is 0.280 e. The number of fused-ring (bicyclic) bond motifs is 1. The number of amides is 2. The molecule has 0 N–H and O–H groups in total. The molecule has 3 rings (SSSR count). The van der Waals surface area contributed by atoms with Crippen LogP contribution in [-0.4, -0.2) is 21.7 Å². The van der Waals surface area contributed by atoms with Gasteiger partial charge in [0.05, 0.1) is 23.7 Å². The zero-order chi connectivity index (χ0) is 14.1. The molecule has 0 fully saturated rings. The van der Waals surface area contributed by atoms with E-state index in [1.807, 2.05) is 6.07 Å². The van der Waals surface area contributed by atoms with Gasteiger partial charge in [-0.2, -0.15) is 5.26 Å². The number of hydrogen-bond acceptors (Lipinski definition) is 4. The topological polar surface area (TPSA) is 74.1 Å². The summed E-state index contributed by atoms with van der Waals surface area (Å²) in [6, 6.07) is 12.1. The first kappa shape index (κ1) is 12.1. The van der Waals surface area contributed by atoms with Gasteiger partial charge < -0.3 is 0 Å². The van der Waals surface area contributed by atoms with Gasteiger partial charge in [0.2, 0.25) is 0 Å². The molecule has 20 heavy (non-hydrogen) atoms. The van der Waals surface area contributed by atoms with Gasteiger partial charge in [-0.05, 0) is 29.8 Å². The smallest absolute Gasteiger partial charge is 0.268 e. The first-order chi connectivity index (χ1) is 9.70. The normalized spacial score (nSPS) is 13.2. The van der Waals surface area contributed by atoms with Crippen LogP contribution in [0.3, 0.4) is 0 Å². The summed E-state index contributed by atoms with van der Waals surface area (Å²) in [5.41, 5.74) is 1.75. The lowest BCUT2D eigenvalue weighted by molar-refractivity contribution is 0.0640. The summed E-state index contributed by atoms with van der Waals surface area (Å²) in [6.45, 7) is 0.142. The molecule has 0 radical (unpaired) electrons. The molecule has 0 unspecified atom stereocenters. The van der Waals surface area contributed by atoms with Crippen LogP contribution in [-0.2, 0) is 6.54 Å². The summed E-state index contributed by atoms with van der Waals surface area (Å²) < 4.78 is 0. The minimum atomic E-state index is -0.395. The van der Waals surface area contributed by atoms with Gasteiger partial charge in [-0.25, -0.2) is 0 Å². The number of nitrogens with zero attached hydrogens (tertiary/aromatic N) is 3. The highest BCUT2D eigenvalue weighted by molar-refractivity contribution is 6.20. The molecule has 1 aromatic heterocycles. The number of nitriles is 1. The molecule has 0 saturated heterocycles. The highest BCUT2D eigenvalue weighted by Crippen LogP contribution is 2.22. The van der Waals surface area contributed by atoms with E-state index in [1.165, 1.54) is 6.20 Å². The molecule has 0 bridgehead atoms. The summed E-state index contributed by atoms with van der Waals surface area (Å²) in [6.07, 6.45) is 1.49. The van der Waals surface area contributed by atoms with Crippen molar-refractivity contribution in [2.24, 2.45) is 0 Å². The molecule has 0 saturated carbocycles. The van der Waals surface area contributed by atoms with Crippen LogP contribution in [0.15, 0.2) is 42.6 Å². The van der Waals surface area contributed by atoms with Crippen molar-refractivity contribution in [3.8, 4) is 6.07 Å². The van der Waals surface area contributed by atoms with Gasteiger partial charge in [0.1, 0.15) is 5.69 Å². The Morgan fingerprint density at radius 1 is 1.15 bits per heavy atom. The van der Waals surface area contributed by atoms with E-state index in [-0.39, 0.29) is 18.1 Å². The molecule has 0 atom stereocenters. The fourth-order valence-electron chi connectivity index (χ4n) is 2.18. The van der Waals surface area contributed by atoms with Gasteiger partial charge in [0.15, 0.2) is 0 Å². The highest BCUT2D eigenvalue weighted by Gasteiger charge is 2.36. The first-order valence-electron chi connectivity index (χ1n) is 6.01. The van der Waals surface area contributed by atoms with Gasteiger partial charge in [0, 0.05) is 6.20 Å². The molecule has 0 aliphatic carbocycles. The van der Waals surface area contributed by atoms with Crippen LogP contribution in [0.2, 0.25) is 0 Å². The Kier molecular flexibility index (Phi) is 2.77. The van der Waals surface area contributed by atoms with Crippen molar-refractivity contribution in [3.63, 3.8) is 0 Å². The summed E-state index contributed by atoms with van der Waals surface area (Å²) in [4.78, 5) is 29.4. The molecule has 2 aromatic rings. The number of benzene rings is 1. The molecule has 2 amide bonds. The van der Waals surface area contributed by atoms with E-state index in [9.17, 15) is 9.59 Å². The average molecular weight is 263 g/mol. The molecular weight excluding hydrogens is 254 g/mol. The van der Waals surface area contributed by atoms with Crippen LogP contribution in [0.4, 0.5) is 0 Å². The largest absolute Gasteiger partial charge is 0.280 e. The van der Waals surface area contributed by atoms with E-state index in [4.69, 9.17) is 5.26 Å². The monoisotopic (exact) mass is 263 g/mol. The number of pyridine rings is 1. The zero-order valence-corrected chi connectivity index (χ0v) is 10.4. The van der Waals surface area contributed by atoms with Gasteiger partial charge in [0.25, 0.3) is 11.8 Å². The summed E-state index contributed by atoms with van der Waals surface area (Å²) in [5, 5.41) is 8.86. The average Bonchev–Trinajstić information content (AvgIpc) is 2.73. The Labute approximate surface area is 115 Å². The summed E-state index contributed by atoms with van der Waals surface area (Å²) >= 11 is 0. The van der Waals surface area contributed by atoms with E-state index in [2.05, 4.69) is 4.98 Å². The number of rotatable bonds is 2. The lowest BCUT2D eigenvalue weighted by Gasteiger charge is -2.13. The molecule has 1 aliphatic rings. The van der Waals surface area contributed by atoms with Gasteiger partial charge >= 0.3 is 0 Å². The van der Waals surface area contributed by atoms with Crippen molar-refractivity contribution in [1.82, 2.24) is 9.88 Å². The van der Waals surface area contributed by atoms with Crippen LogP contribution in [0.1, 0.15) is 32.0 Å². The molecular formula is C15H9N3O2. The quantitative estimate of drug-likeness (QED) is 0.773. The van der Waals surface area contributed by atoms with E-state index in [0.29, 0.717) is 11.1 Å². The third-order valence-corrected chi connectivity index (χ3v) is 3.13. The number of aromatic nitrogens is 1. The van der Waals surface area contributed by atoms with E-state index in [0.717, 1.165) is 10.5 Å². The standard InChI is InChI=1S/C15H9N3O2/c16-8-10-3-1-4-11(7-10)9-18-14(19)12-5-2-6-17-13(12)15(18)20/h1-7H,9H2. The zero-order valence-electron chi connectivity index (χ0n) is 10.4. The highest BCUT2D eigenvalue weighted by atomic mass is 16.2. The maximum atomic E-state index is 12.2. The van der Waals surface area contributed by atoms with Crippen molar-refractivity contribution >= 4 is 11.8 Å². The molecule has 1 aromatic carbocycles. The van der Waals surface area contributed by atoms with Crippen LogP contribution in [0.5, 0.6) is 0 Å². The van der Waals surface area contributed by atoms with Gasteiger partial charge in [-0.1, -0.05) is 12.1 Å².